The van der Waals surface area contributed by atoms with E-state index in [1.54, 1.807) is 7.11 Å². The molecule has 0 radical (unpaired) electrons. The molecule has 0 spiro atoms. The van der Waals surface area contributed by atoms with Gasteiger partial charge in [0.1, 0.15) is 11.5 Å². The number of hydrogen-bond acceptors (Lipinski definition) is 2. The lowest BCUT2D eigenvalue weighted by atomic mass is 9.90. The first kappa shape index (κ1) is 12.7. The summed E-state index contributed by atoms with van der Waals surface area (Å²) in [5.74, 6) is 2.25. The molecule has 1 atom stereocenters. The van der Waals surface area contributed by atoms with Crippen molar-refractivity contribution in [1.29, 1.82) is 0 Å². The van der Waals surface area contributed by atoms with Gasteiger partial charge >= 0.3 is 0 Å². The normalized spacial score (nSPS) is 22.5. The minimum Gasteiger partial charge on any atom is -0.497 e. The molecule has 2 heteroatoms. The lowest BCUT2D eigenvalue weighted by Crippen LogP contribution is -2.13. The van der Waals surface area contributed by atoms with Gasteiger partial charge in [-0.25, -0.2) is 0 Å². The molecule has 0 heterocycles. The molecule has 0 unspecified atom stereocenters. The summed E-state index contributed by atoms with van der Waals surface area (Å²) in [6.07, 6.45) is 7.71. The second-order valence-corrected chi connectivity index (χ2v) is 5.95. The molecule has 1 aromatic carbocycles. The lowest BCUT2D eigenvalue weighted by Gasteiger charge is -2.14. The maximum absolute atomic E-state index is 12.3. The van der Waals surface area contributed by atoms with Crippen LogP contribution in [-0.4, -0.2) is 12.9 Å². The van der Waals surface area contributed by atoms with Gasteiger partial charge < -0.3 is 4.74 Å². The molecule has 3 rings (SSSR count). The highest BCUT2D eigenvalue weighted by atomic mass is 16.5. The first-order valence-corrected chi connectivity index (χ1v) is 7.47. The largest absolute Gasteiger partial charge is 0.497 e. The van der Waals surface area contributed by atoms with Crippen LogP contribution < -0.4 is 4.74 Å². The summed E-state index contributed by atoms with van der Waals surface area (Å²) in [4.78, 5) is 12.3. The van der Waals surface area contributed by atoms with Gasteiger partial charge in [0.25, 0.3) is 0 Å². The van der Waals surface area contributed by atoms with Crippen molar-refractivity contribution in [2.24, 2.45) is 5.92 Å². The molecular formula is C17H22O2. The summed E-state index contributed by atoms with van der Waals surface area (Å²) < 4.78 is 5.27. The van der Waals surface area contributed by atoms with E-state index in [4.69, 9.17) is 4.74 Å². The Morgan fingerprint density at radius 1 is 1.26 bits per heavy atom. The molecule has 0 amide bonds. The molecule has 2 aliphatic carbocycles. The molecule has 0 aromatic heterocycles. The maximum atomic E-state index is 12.3. The van der Waals surface area contributed by atoms with Crippen molar-refractivity contribution in [3.63, 3.8) is 0 Å². The molecule has 19 heavy (non-hydrogen) atoms. The number of methoxy groups -OCH3 is 1. The number of carbonyl (C=O) groups is 1. The van der Waals surface area contributed by atoms with Crippen LogP contribution in [0, 0.1) is 5.92 Å². The van der Waals surface area contributed by atoms with Gasteiger partial charge in [-0.1, -0.05) is 18.9 Å². The average molecular weight is 258 g/mol. The second kappa shape index (κ2) is 5.36. The number of ether oxygens (including phenoxy) is 1. The van der Waals surface area contributed by atoms with Crippen LogP contribution in [0.25, 0.3) is 0 Å². The molecule has 0 bridgehead atoms. The molecule has 102 valence electrons. The van der Waals surface area contributed by atoms with Crippen LogP contribution >= 0.6 is 0 Å². The van der Waals surface area contributed by atoms with E-state index in [1.165, 1.54) is 24.0 Å². The van der Waals surface area contributed by atoms with Crippen molar-refractivity contribution < 1.29 is 9.53 Å². The molecule has 0 aliphatic heterocycles. The Balaban J connectivity index is 1.70. The second-order valence-electron chi connectivity index (χ2n) is 5.95. The van der Waals surface area contributed by atoms with E-state index < -0.39 is 0 Å². The van der Waals surface area contributed by atoms with E-state index in [1.807, 2.05) is 6.07 Å². The Morgan fingerprint density at radius 2 is 2.05 bits per heavy atom. The van der Waals surface area contributed by atoms with Crippen molar-refractivity contribution in [1.82, 2.24) is 0 Å². The van der Waals surface area contributed by atoms with E-state index >= 15 is 0 Å². The van der Waals surface area contributed by atoms with Gasteiger partial charge in [0.15, 0.2) is 0 Å². The summed E-state index contributed by atoms with van der Waals surface area (Å²) in [7, 11) is 1.71. The molecular weight excluding hydrogens is 236 g/mol. The maximum Gasteiger partial charge on any atom is 0.136 e. The fourth-order valence-electron chi connectivity index (χ4n) is 3.68. The molecule has 0 saturated heterocycles. The SMILES string of the molecule is COc1ccc2c(c1)CC[C@@H]2CC(=O)C1CCCC1. The Labute approximate surface area is 115 Å². The van der Waals surface area contributed by atoms with Crippen LogP contribution in [0.3, 0.4) is 0 Å². The van der Waals surface area contributed by atoms with E-state index in [0.29, 0.717) is 17.6 Å². The van der Waals surface area contributed by atoms with Crippen molar-refractivity contribution in [2.45, 2.75) is 50.9 Å². The van der Waals surface area contributed by atoms with Crippen molar-refractivity contribution >= 4 is 5.78 Å². The van der Waals surface area contributed by atoms with Crippen LogP contribution in [-0.2, 0) is 11.2 Å². The summed E-state index contributed by atoms with van der Waals surface area (Å²) >= 11 is 0. The molecule has 1 aromatic rings. The van der Waals surface area contributed by atoms with Crippen LogP contribution in [0.1, 0.15) is 55.6 Å². The zero-order chi connectivity index (χ0) is 13.2. The third-order valence-electron chi connectivity index (χ3n) is 4.81. The zero-order valence-electron chi connectivity index (χ0n) is 11.7. The lowest BCUT2D eigenvalue weighted by molar-refractivity contribution is -0.123. The zero-order valence-corrected chi connectivity index (χ0v) is 11.7. The number of Topliss-reactive ketones (excluding diaryl/α,β-unsaturated/α-hetero) is 1. The van der Waals surface area contributed by atoms with Crippen molar-refractivity contribution in [3.05, 3.63) is 29.3 Å². The molecule has 1 saturated carbocycles. The predicted octanol–water partition coefficient (Wildman–Crippen LogP) is 3.87. The topological polar surface area (TPSA) is 26.3 Å². The third kappa shape index (κ3) is 2.54. The standard InChI is InChI=1S/C17H22O2/c1-19-15-8-9-16-13(10-15)6-7-14(16)11-17(18)12-4-2-3-5-12/h8-10,12,14H,2-7,11H2,1H3/t14-/m1/s1. The van der Waals surface area contributed by atoms with Crippen LogP contribution in [0.4, 0.5) is 0 Å². The number of rotatable bonds is 4. The highest BCUT2D eigenvalue weighted by molar-refractivity contribution is 5.82. The Morgan fingerprint density at radius 3 is 2.79 bits per heavy atom. The van der Waals surface area contributed by atoms with Gasteiger partial charge in [0.05, 0.1) is 7.11 Å². The average Bonchev–Trinajstić information content (AvgIpc) is 3.08. The van der Waals surface area contributed by atoms with E-state index in [0.717, 1.165) is 37.9 Å². The molecule has 0 N–H and O–H groups in total. The van der Waals surface area contributed by atoms with Gasteiger partial charge in [0.2, 0.25) is 0 Å². The highest BCUT2D eigenvalue weighted by Crippen LogP contribution is 2.39. The van der Waals surface area contributed by atoms with Gasteiger partial charge in [-0.15, -0.1) is 0 Å². The van der Waals surface area contributed by atoms with Crippen molar-refractivity contribution in [3.8, 4) is 5.75 Å². The molecule has 1 fully saturated rings. The molecule has 2 nitrogen and oxygen atoms in total. The van der Waals surface area contributed by atoms with E-state index in [2.05, 4.69) is 12.1 Å². The summed E-state index contributed by atoms with van der Waals surface area (Å²) in [5.41, 5.74) is 2.76. The quantitative estimate of drug-likeness (QED) is 0.819. The Bertz CT molecular complexity index is 472. The molecule has 2 aliphatic rings. The van der Waals surface area contributed by atoms with Gasteiger partial charge in [-0.3, -0.25) is 4.79 Å². The minimum absolute atomic E-state index is 0.363. The number of carbonyl (C=O) groups excluding carboxylic acids is 1. The number of benzene rings is 1. The smallest absolute Gasteiger partial charge is 0.136 e. The van der Waals surface area contributed by atoms with Crippen LogP contribution in [0.2, 0.25) is 0 Å². The highest BCUT2D eigenvalue weighted by Gasteiger charge is 2.29. The monoisotopic (exact) mass is 258 g/mol. The predicted molar refractivity (Wildman–Crippen MR) is 75.6 cm³/mol. The number of aryl methyl sites for hydroxylation is 1. The minimum atomic E-state index is 0.363. The van der Waals surface area contributed by atoms with Gasteiger partial charge in [-0.2, -0.15) is 0 Å². The van der Waals surface area contributed by atoms with E-state index in [-0.39, 0.29) is 0 Å². The number of fused-ring (bicyclic) bond motifs is 1. The van der Waals surface area contributed by atoms with Gasteiger partial charge in [-0.05, 0) is 54.9 Å². The number of hydrogen-bond donors (Lipinski definition) is 0. The number of ketones is 1. The van der Waals surface area contributed by atoms with Gasteiger partial charge in [0, 0.05) is 12.3 Å². The first-order valence-electron chi connectivity index (χ1n) is 7.47. The van der Waals surface area contributed by atoms with E-state index in [9.17, 15) is 4.79 Å². The summed E-state index contributed by atoms with van der Waals surface area (Å²) in [6.45, 7) is 0. The first-order chi connectivity index (χ1) is 9.28. The fraction of sp³-hybridized carbons (Fsp3) is 0.588. The summed E-state index contributed by atoms with van der Waals surface area (Å²) in [6, 6.07) is 6.32. The summed E-state index contributed by atoms with van der Waals surface area (Å²) in [5, 5.41) is 0. The van der Waals surface area contributed by atoms with Crippen LogP contribution in [0.5, 0.6) is 5.75 Å². The van der Waals surface area contributed by atoms with Crippen LogP contribution in [0.15, 0.2) is 18.2 Å². The third-order valence-corrected chi connectivity index (χ3v) is 4.81. The van der Waals surface area contributed by atoms with Crippen molar-refractivity contribution in [2.75, 3.05) is 7.11 Å². The Kier molecular flexibility index (Phi) is 3.58. The Hall–Kier alpha value is -1.31. The fourth-order valence-corrected chi connectivity index (χ4v) is 3.68.